The average Bonchev–Trinajstić information content (AvgIpc) is 2.62. The molecule has 0 atom stereocenters. The van der Waals surface area contributed by atoms with Crippen LogP contribution in [0.1, 0.15) is 18.5 Å². The van der Waals surface area contributed by atoms with Gasteiger partial charge in [-0.05, 0) is 31.0 Å². The molecular weight excluding hydrogens is 302 g/mol. The Morgan fingerprint density at radius 2 is 1.96 bits per heavy atom. The molecule has 0 bridgehead atoms. The molecule has 0 radical (unpaired) electrons. The third kappa shape index (κ3) is 6.24. The van der Waals surface area contributed by atoms with Crippen LogP contribution in [-0.2, 0) is 13.0 Å². The molecule has 2 aromatic heterocycles. The monoisotopic (exact) mass is 327 g/mol. The lowest BCUT2D eigenvalue weighted by molar-refractivity contribution is 0.585. The number of nitrogens with one attached hydrogen (secondary N) is 2. The highest BCUT2D eigenvalue weighted by Gasteiger charge is 1.99. The zero-order valence-electron chi connectivity index (χ0n) is 14.1. The second kappa shape index (κ2) is 10.2. The summed E-state index contributed by atoms with van der Waals surface area (Å²) < 4.78 is 1.74. The van der Waals surface area contributed by atoms with Gasteiger partial charge in [0.25, 0.3) is 0 Å². The Kier molecular flexibility index (Phi) is 7.53. The summed E-state index contributed by atoms with van der Waals surface area (Å²) in [5, 5.41) is 6.57. The highest BCUT2D eigenvalue weighted by Crippen LogP contribution is 1.94. The fourth-order valence-electron chi connectivity index (χ4n) is 2.33. The first-order valence-corrected chi connectivity index (χ1v) is 8.29. The predicted molar refractivity (Wildman–Crippen MR) is 97.2 cm³/mol. The summed E-state index contributed by atoms with van der Waals surface area (Å²) in [7, 11) is 1.76. The van der Waals surface area contributed by atoms with E-state index in [1.54, 1.807) is 29.9 Å². The molecule has 0 aliphatic heterocycles. The van der Waals surface area contributed by atoms with Gasteiger partial charge in [0, 0.05) is 57.3 Å². The van der Waals surface area contributed by atoms with E-state index >= 15 is 0 Å². The van der Waals surface area contributed by atoms with Gasteiger partial charge in [0.05, 0.1) is 0 Å². The number of rotatable bonds is 8. The van der Waals surface area contributed by atoms with Gasteiger partial charge >= 0.3 is 0 Å². The number of nitrogens with zero attached hydrogens (tertiary/aromatic N) is 3. The second-order valence-electron chi connectivity index (χ2n) is 5.44. The summed E-state index contributed by atoms with van der Waals surface area (Å²) in [4.78, 5) is 20.1. The third-order valence-electron chi connectivity index (χ3n) is 3.64. The normalized spacial score (nSPS) is 11.3. The Morgan fingerprint density at radius 3 is 2.71 bits per heavy atom. The number of aromatic nitrogens is 2. The van der Waals surface area contributed by atoms with Crippen LogP contribution in [0.15, 0.2) is 58.6 Å². The Bertz CT molecular complexity index is 681. The molecule has 2 rings (SSSR count). The zero-order chi connectivity index (χ0) is 17.0. The number of unbranched alkanes of at least 4 members (excludes halogenated alkanes) is 1. The first kappa shape index (κ1) is 17.7. The van der Waals surface area contributed by atoms with E-state index in [9.17, 15) is 4.79 Å². The van der Waals surface area contributed by atoms with Crippen molar-refractivity contribution < 1.29 is 0 Å². The van der Waals surface area contributed by atoms with E-state index in [1.807, 2.05) is 30.5 Å². The molecule has 2 heterocycles. The van der Waals surface area contributed by atoms with Crippen LogP contribution >= 0.6 is 0 Å². The number of pyridine rings is 2. The molecule has 0 aliphatic carbocycles. The maximum Gasteiger partial charge on any atom is 0.250 e. The molecule has 0 unspecified atom stereocenters. The van der Waals surface area contributed by atoms with Crippen molar-refractivity contribution in [2.75, 3.05) is 20.1 Å². The SMILES string of the molecule is CN=C(NCCCCn1ccccc1=O)NCCc1ccccn1. The van der Waals surface area contributed by atoms with Crippen LogP contribution < -0.4 is 16.2 Å². The lowest BCUT2D eigenvalue weighted by Gasteiger charge is -2.12. The van der Waals surface area contributed by atoms with Gasteiger partial charge in [-0.15, -0.1) is 0 Å². The predicted octanol–water partition coefficient (Wildman–Crippen LogP) is 1.43. The molecule has 2 aromatic rings. The Morgan fingerprint density at radius 1 is 1.12 bits per heavy atom. The molecule has 128 valence electrons. The van der Waals surface area contributed by atoms with E-state index in [-0.39, 0.29) is 5.56 Å². The maximum absolute atomic E-state index is 11.6. The van der Waals surface area contributed by atoms with Crippen molar-refractivity contribution in [1.82, 2.24) is 20.2 Å². The molecule has 0 saturated carbocycles. The average molecular weight is 327 g/mol. The molecule has 6 nitrogen and oxygen atoms in total. The summed E-state index contributed by atoms with van der Waals surface area (Å²) in [5.74, 6) is 0.794. The number of hydrogen-bond acceptors (Lipinski definition) is 3. The van der Waals surface area contributed by atoms with E-state index in [2.05, 4.69) is 20.6 Å². The van der Waals surface area contributed by atoms with E-state index in [0.717, 1.165) is 50.6 Å². The summed E-state index contributed by atoms with van der Waals surface area (Å²) in [6.07, 6.45) is 6.41. The van der Waals surface area contributed by atoms with E-state index < -0.39 is 0 Å². The van der Waals surface area contributed by atoms with E-state index in [4.69, 9.17) is 0 Å². The minimum Gasteiger partial charge on any atom is -0.356 e. The van der Waals surface area contributed by atoms with Crippen molar-refractivity contribution in [2.45, 2.75) is 25.8 Å². The van der Waals surface area contributed by atoms with Crippen molar-refractivity contribution in [2.24, 2.45) is 4.99 Å². The van der Waals surface area contributed by atoms with Gasteiger partial charge in [-0.3, -0.25) is 14.8 Å². The molecule has 0 amide bonds. The summed E-state index contributed by atoms with van der Waals surface area (Å²) in [6.45, 7) is 2.36. The van der Waals surface area contributed by atoms with Gasteiger partial charge in [-0.25, -0.2) is 0 Å². The van der Waals surface area contributed by atoms with Crippen molar-refractivity contribution in [3.8, 4) is 0 Å². The van der Waals surface area contributed by atoms with Crippen molar-refractivity contribution in [3.63, 3.8) is 0 Å². The number of aryl methyl sites for hydroxylation is 1. The Hall–Kier alpha value is -2.63. The highest BCUT2D eigenvalue weighted by molar-refractivity contribution is 5.79. The van der Waals surface area contributed by atoms with Crippen molar-refractivity contribution >= 4 is 5.96 Å². The fraction of sp³-hybridized carbons (Fsp3) is 0.389. The number of hydrogen-bond donors (Lipinski definition) is 2. The van der Waals surface area contributed by atoms with Crippen LogP contribution in [0.25, 0.3) is 0 Å². The molecule has 0 spiro atoms. The summed E-state index contributed by atoms with van der Waals surface area (Å²) in [5.41, 5.74) is 1.12. The minimum absolute atomic E-state index is 0.0532. The maximum atomic E-state index is 11.6. The van der Waals surface area contributed by atoms with Crippen LogP contribution in [0.3, 0.4) is 0 Å². The molecule has 6 heteroatoms. The fourth-order valence-corrected chi connectivity index (χ4v) is 2.33. The smallest absolute Gasteiger partial charge is 0.250 e. The lowest BCUT2D eigenvalue weighted by Crippen LogP contribution is -2.38. The molecule has 0 aromatic carbocycles. The Balaban J connectivity index is 1.60. The summed E-state index contributed by atoms with van der Waals surface area (Å²) in [6, 6.07) is 11.2. The zero-order valence-corrected chi connectivity index (χ0v) is 14.1. The molecule has 2 N–H and O–H groups in total. The molecular formula is C18H25N5O. The second-order valence-corrected chi connectivity index (χ2v) is 5.44. The largest absolute Gasteiger partial charge is 0.356 e. The van der Waals surface area contributed by atoms with Gasteiger partial charge in [-0.1, -0.05) is 12.1 Å². The van der Waals surface area contributed by atoms with Gasteiger partial charge in [0.1, 0.15) is 0 Å². The molecule has 24 heavy (non-hydrogen) atoms. The van der Waals surface area contributed by atoms with Crippen LogP contribution in [-0.4, -0.2) is 35.6 Å². The van der Waals surface area contributed by atoms with E-state index in [0.29, 0.717) is 0 Å². The van der Waals surface area contributed by atoms with Crippen LogP contribution in [0.4, 0.5) is 0 Å². The summed E-state index contributed by atoms with van der Waals surface area (Å²) >= 11 is 0. The first-order valence-electron chi connectivity index (χ1n) is 8.29. The van der Waals surface area contributed by atoms with Crippen LogP contribution in [0.5, 0.6) is 0 Å². The molecule has 0 fully saturated rings. The van der Waals surface area contributed by atoms with Crippen LogP contribution in [0.2, 0.25) is 0 Å². The topological polar surface area (TPSA) is 71.3 Å². The Labute approximate surface area is 142 Å². The van der Waals surface area contributed by atoms with Crippen LogP contribution in [0, 0.1) is 0 Å². The molecule has 0 aliphatic rings. The highest BCUT2D eigenvalue weighted by atomic mass is 16.1. The standard InChI is InChI=1S/C18H25N5O/c1-19-18(22-13-10-16-8-2-4-11-20-16)21-12-5-7-15-23-14-6-3-9-17(23)24/h2-4,6,8-9,11,14H,5,7,10,12-13,15H2,1H3,(H2,19,21,22). The van der Waals surface area contributed by atoms with Gasteiger partial charge in [-0.2, -0.15) is 0 Å². The van der Waals surface area contributed by atoms with Crippen molar-refractivity contribution in [1.29, 1.82) is 0 Å². The molecule has 0 saturated heterocycles. The van der Waals surface area contributed by atoms with Crippen molar-refractivity contribution in [3.05, 3.63) is 64.8 Å². The quantitative estimate of drug-likeness (QED) is 0.437. The number of aliphatic imine (C=N–C) groups is 1. The third-order valence-corrected chi connectivity index (χ3v) is 3.64. The lowest BCUT2D eigenvalue weighted by atomic mass is 10.3. The van der Waals surface area contributed by atoms with Gasteiger partial charge in [0.2, 0.25) is 5.56 Å². The number of guanidine groups is 1. The minimum atomic E-state index is 0.0532. The van der Waals surface area contributed by atoms with Gasteiger partial charge in [0.15, 0.2) is 5.96 Å². The van der Waals surface area contributed by atoms with E-state index in [1.165, 1.54) is 0 Å². The first-order chi connectivity index (χ1) is 11.8. The van der Waals surface area contributed by atoms with Gasteiger partial charge < -0.3 is 15.2 Å².